The average Bonchev–Trinajstić information content (AvgIpc) is 2.63. The summed E-state index contributed by atoms with van der Waals surface area (Å²) in [4.78, 5) is 25.4. The van der Waals surface area contributed by atoms with Gasteiger partial charge in [0.1, 0.15) is 5.75 Å². The van der Waals surface area contributed by atoms with Crippen LogP contribution in [0, 0.1) is 11.6 Å². The minimum atomic E-state index is -1.08. The van der Waals surface area contributed by atoms with Crippen molar-refractivity contribution in [3.05, 3.63) is 65.2 Å². The van der Waals surface area contributed by atoms with Crippen molar-refractivity contribution in [2.24, 2.45) is 0 Å². The summed E-state index contributed by atoms with van der Waals surface area (Å²) in [6.45, 7) is 2.21. The molecule has 0 unspecified atom stereocenters. The second-order valence-electron chi connectivity index (χ2n) is 5.64. The van der Waals surface area contributed by atoms with Gasteiger partial charge in [0.2, 0.25) is 5.91 Å². The Morgan fingerprint density at radius 1 is 1.12 bits per heavy atom. The fraction of sp³-hybridized carbons (Fsp3) is 0.263. The van der Waals surface area contributed by atoms with E-state index in [2.05, 4.69) is 5.32 Å². The maximum atomic E-state index is 13.2. The lowest BCUT2D eigenvalue weighted by Crippen LogP contribution is -2.37. The summed E-state index contributed by atoms with van der Waals surface area (Å²) < 4.78 is 31.4. The third kappa shape index (κ3) is 5.02. The Morgan fingerprint density at radius 3 is 2.50 bits per heavy atom. The molecule has 0 saturated heterocycles. The minimum Gasteiger partial charge on any atom is -0.496 e. The molecule has 0 fully saturated rings. The highest BCUT2D eigenvalue weighted by Crippen LogP contribution is 2.19. The summed E-state index contributed by atoms with van der Waals surface area (Å²) in [5, 5.41) is 2.59. The molecular formula is C19H20F2N2O3. The molecule has 7 heteroatoms. The maximum absolute atomic E-state index is 13.2. The van der Waals surface area contributed by atoms with E-state index in [0.717, 1.165) is 17.7 Å². The standard InChI is InChI=1S/C19H20F2N2O3/c1-13(24)23(12-15-5-3-4-6-18(15)26-2)10-9-22-19(25)14-7-8-16(20)17(21)11-14/h3-8,11H,9-10,12H2,1-2H3,(H,22,25). The Hall–Kier alpha value is -2.96. The van der Waals surface area contributed by atoms with Crippen LogP contribution >= 0.6 is 0 Å². The number of para-hydroxylation sites is 1. The van der Waals surface area contributed by atoms with E-state index in [4.69, 9.17) is 4.74 Å². The number of methoxy groups -OCH3 is 1. The van der Waals surface area contributed by atoms with Crippen molar-refractivity contribution >= 4 is 11.8 Å². The maximum Gasteiger partial charge on any atom is 0.251 e. The van der Waals surface area contributed by atoms with Crippen LogP contribution < -0.4 is 10.1 Å². The second-order valence-corrected chi connectivity index (χ2v) is 5.64. The van der Waals surface area contributed by atoms with E-state index in [-0.39, 0.29) is 24.6 Å². The summed E-state index contributed by atoms with van der Waals surface area (Å²) in [5.74, 6) is -2.12. The monoisotopic (exact) mass is 362 g/mol. The first-order valence-corrected chi connectivity index (χ1v) is 8.03. The molecule has 0 aliphatic carbocycles. The summed E-state index contributed by atoms with van der Waals surface area (Å²) in [6, 6.07) is 10.3. The smallest absolute Gasteiger partial charge is 0.251 e. The van der Waals surface area contributed by atoms with Gasteiger partial charge in [0.25, 0.3) is 5.91 Å². The van der Waals surface area contributed by atoms with Crippen molar-refractivity contribution in [1.82, 2.24) is 10.2 Å². The highest BCUT2D eigenvalue weighted by Gasteiger charge is 2.14. The second kappa shape index (κ2) is 8.94. The number of rotatable bonds is 7. The molecule has 0 atom stereocenters. The number of benzene rings is 2. The van der Waals surface area contributed by atoms with Crippen LogP contribution in [0.2, 0.25) is 0 Å². The van der Waals surface area contributed by atoms with Gasteiger partial charge in [0.05, 0.1) is 7.11 Å². The molecular weight excluding hydrogens is 342 g/mol. The zero-order valence-electron chi connectivity index (χ0n) is 14.6. The number of halogens is 2. The fourth-order valence-corrected chi connectivity index (χ4v) is 2.43. The van der Waals surface area contributed by atoms with Gasteiger partial charge in [-0.3, -0.25) is 9.59 Å². The Morgan fingerprint density at radius 2 is 1.85 bits per heavy atom. The molecule has 1 N–H and O–H groups in total. The van der Waals surface area contributed by atoms with E-state index < -0.39 is 17.5 Å². The fourth-order valence-electron chi connectivity index (χ4n) is 2.43. The van der Waals surface area contributed by atoms with Crippen molar-refractivity contribution in [3.8, 4) is 5.75 Å². The molecule has 2 amide bonds. The van der Waals surface area contributed by atoms with Crippen LogP contribution in [0.15, 0.2) is 42.5 Å². The summed E-state index contributed by atoms with van der Waals surface area (Å²) in [7, 11) is 1.55. The number of nitrogens with zero attached hydrogens (tertiary/aromatic N) is 1. The van der Waals surface area contributed by atoms with E-state index in [1.807, 2.05) is 18.2 Å². The quantitative estimate of drug-likeness (QED) is 0.824. The number of carbonyl (C=O) groups is 2. The average molecular weight is 362 g/mol. The zero-order valence-corrected chi connectivity index (χ0v) is 14.6. The first kappa shape index (κ1) is 19.4. The van der Waals surface area contributed by atoms with E-state index in [9.17, 15) is 18.4 Å². The van der Waals surface area contributed by atoms with Crippen LogP contribution in [0.3, 0.4) is 0 Å². The number of carbonyl (C=O) groups excluding carboxylic acids is 2. The zero-order chi connectivity index (χ0) is 19.1. The van der Waals surface area contributed by atoms with Crippen molar-refractivity contribution in [2.75, 3.05) is 20.2 Å². The first-order valence-electron chi connectivity index (χ1n) is 8.03. The van der Waals surface area contributed by atoms with Crippen LogP contribution in [0.1, 0.15) is 22.8 Å². The lowest BCUT2D eigenvalue weighted by atomic mass is 10.2. The number of ether oxygens (including phenoxy) is 1. The molecule has 0 radical (unpaired) electrons. The van der Waals surface area contributed by atoms with Crippen LogP contribution in [0.4, 0.5) is 8.78 Å². The summed E-state index contributed by atoms with van der Waals surface area (Å²) in [5.41, 5.74) is 0.861. The predicted octanol–water partition coefficient (Wildman–Crippen LogP) is 2.75. The topological polar surface area (TPSA) is 58.6 Å². The molecule has 0 heterocycles. The highest BCUT2D eigenvalue weighted by atomic mass is 19.2. The van der Waals surface area contributed by atoms with E-state index in [1.165, 1.54) is 13.0 Å². The Bertz CT molecular complexity index is 796. The molecule has 0 saturated carbocycles. The SMILES string of the molecule is COc1ccccc1CN(CCNC(=O)c1ccc(F)c(F)c1)C(C)=O. The number of hydrogen-bond acceptors (Lipinski definition) is 3. The number of hydrogen-bond donors (Lipinski definition) is 1. The number of nitrogens with one attached hydrogen (secondary N) is 1. The molecule has 138 valence electrons. The largest absolute Gasteiger partial charge is 0.496 e. The van der Waals surface area contributed by atoms with Gasteiger partial charge in [-0.05, 0) is 24.3 Å². The lowest BCUT2D eigenvalue weighted by molar-refractivity contribution is -0.129. The molecule has 0 aliphatic rings. The lowest BCUT2D eigenvalue weighted by Gasteiger charge is -2.22. The molecule has 26 heavy (non-hydrogen) atoms. The van der Waals surface area contributed by atoms with Gasteiger partial charge < -0.3 is 15.0 Å². The molecule has 2 aromatic carbocycles. The van der Waals surface area contributed by atoms with Crippen LogP contribution in [-0.4, -0.2) is 36.9 Å². The molecule has 0 spiro atoms. The van der Waals surface area contributed by atoms with Gasteiger partial charge in [-0.15, -0.1) is 0 Å². The van der Waals surface area contributed by atoms with Gasteiger partial charge in [-0.25, -0.2) is 8.78 Å². The van der Waals surface area contributed by atoms with E-state index in [1.54, 1.807) is 18.1 Å². The van der Waals surface area contributed by atoms with Crippen molar-refractivity contribution in [1.29, 1.82) is 0 Å². The van der Waals surface area contributed by atoms with Gasteiger partial charge in [0, 0.05) is 37.7 Å². The third-order valence-electron chi connectivity index (χ3n) is 3.85. The van der Waals surface area contributed by atoms with E-state index >= 15 is 0 Å². The van der Waals surface area contributed by atoms with Gasteiger partial charge in [-0.2, -0.15) is 0 Å². The Kier molecular flexibility index (Phi) is 6.66. The molecule has 0 bridgehead atoms. The summed E-state index contributed by atoms with van der Waals surface area (Å²) in [6.07, 6.45) is 0. The normalized spacial score (nSPS) is 10.3. The third-order valence-corrected chi connectivity index (χ3v) is 3.85. The van der Waals surface area contributed by atoms with Gasteiger partial charge in [0.15, 0.2) is 11.6 Å². The minimum absolute atomic E-state index is 0.0167. The Labute approximate surface area is 150 Å². The van der Waals surface area contributed by atoms with E-state index in [0.29, 0.717) is 12.3 Å². The van der Waals surface area contributed by atoms with Crippen molar-refractivity contribution in [3.63, 3.8) is 0 Å². The van der Waals surface area contributed by atoms with Crippen molar-refractivity contribution in [2.45, 2.75) is 13.5 Å². The summed E-state index contributed by atoms with van der Waals surface area (Å²) >= 11 is 0. The van der Waals surface area contributed by atoms with Crippen LogP contribution in [0.25, 0.3) is 0 Å². The highest BCUT2D eigenvalue weighted by molar-refractivity contribution is 5.94. The number of amides is 2. The molecule has 5 nitrogen and oxygen atoms in total. The van der Waals surface area contributed by atoms with Gasteiger partial charge >= 0.3 is 0 Å². The van der Waals surface area contributed by atoms with Crippen LogP contribution in [-0.2, 0) is 11.3 Å². The van der Waals surface area contributed by atoms with Crippen molar-refractivity contribution < 1.29 is 23.1 Å². The van der Waals surface area contributed by atoms with Crippen LogP contribution in [0.5, 0.6) is 5.75 Å². The van der Waals surface area contributed by atoms with Gasteiger partial charge in [-0.1, -0.05) is 18.2 Å². The predicted molar refractivity (Wildman–Crippen MR) is 92.8 cm³/mol. The molecule has 0 aromatic heterocycles. The molecule has 0 aliphatic heterocycles. The molecule has 2 aromatic rings. The Balaban J connectivity index is 1.95. The first-order chi connectivity index (χ1) is 12.4. The molecule has 2 rings (SSSR count).